The fraction of sp³-hybridized carbons (Fsp3) is 0.304. The van der Waals surface area contributed by atoms with Crippen molar-refractivity contribution in [3.8, 4) is 17.2 Å². The summed E-state index contributed by atoms with van der Waals surface area (Å²) < 4.78 is 31.7. The Hall–Kier alpha value is -4.06. The van der Waals surface area contributed by atoms with Gasteiger partial charge in [-0.05, 0) is 31.2 Å². The van der Waals surface area contributed by atoms with Gasteiger partial charge < -0.3 is 28.1 Å². The molecule has 2 heterocycles. The third-order valence-corrected chi connectivity index (χ3v) is 5.24. The third-order valence-electron chi connectivity index (χ3n) is 4.45. The number of nitrogens with zero attached hydrogens (tertiary/aromatic N) is 2. The number of esters is 2. The number of ether oxygens (including phenoxy) is 5. The Morgan fingerprint density at radius 3 is 2.57 bits per heavy atom. The van der Waals surface area contributed by atoms with Crippen molar-refractivity contribution >= 4 is 34.6 Å². The lowest BCUT2D eigenvalue weighted by Gasteiger charge is -2.14. The first kappa shape index (κ1) is 25.6. The first-order valence-corrected chi connectivity index (χ1v) is 11.3. The lowest BCUT2D eigenvalue weighted by molar-refractivity contribution is -0.142. The van der Waals surface area contributed by atoms with Crippen LogP contribution >= 0.6 is 11.3 Å². The molecule has 11 nitrogen and oxygen atoms in total. The van der Waals surface area contributed by atoms with E-state index < -0.39 is 5.97 Å². The molecule has 0 aliphatic carbocycles. The lowest BCUT2D eigenvalue weighted by atomic mass is 10.2. The van der Waals surface area contributed by atoms with Gasteiger partial charge in [-0.15, -0.1) is 11.3 Å². The Labute approximate surface area is 205 Å². The maximum Gasteiger partial charge on any atom is 0.373 e. The van der Waals surface area contributed by atoms with E-state index >= 15 is 0 Å². The van der Waals surface area contributed by atoms with Crippen LogP contribution < -0.4 is 19.6 Å². The highest BCUT2D eigenvalue weighted by Crippen LogP contribution is 2.38. The van der Waals surface area contributed by atoms with Gasteiger partial charge in [0.05, 0.1) is 46.3 Å². The number of carbonyl (C=O) groups is 2. The molecule has 0 saturated heterocycles. The van der Waals surface area contributed by atoms with E-state index in [1.54, 1.807) is 36.7 Å². The van der Waals surface area contributed by atoms with Crippen LogP contribution in [0.15, 0.2) is 39.2 Å². The monoisotopic (exact) mass is 503 g/mol. The molecule has 0 aliphatic rings. The molecule has 2 aromatic heterocycles. The van der Waals surface area contributed by atoms with Crippen molar-refractivity contribution in [2.24, 2.45) is 5.10 Å². The maximum absolute atomic E-state index is 11.6. The molecule has 12 heteroatoms. The SMILES string of the molecule is CCOC(=O)Cc1csc(NN=Cc2cc(OC)c(OCc3ccc(C(=O)OC)o3)c(OC)c2)n1. The molecule has 1 aromatic carbocycles. The zero-order chi connectivity index (χ0) is 25.2. The number of methoxy groups -OCH3 is 3. The molecule has 0 unspecified atom stereocenters. The van der Waals surface area contributed by atoms with Crippen LogP contribution in [0.4, 0.5) is 5.13 Å². The summed E-state index contributed by atoms with van der Waals surface area (Å²) in [4.78, 5) is 27.4. The van der Waals surface area contributed by atoms with Crippen LogP contribution in [0, 0.1) is 0 Å². The van der Waals surface area contributed by atoms with Crippen LogP contribution in [-0.4, -0.2) is 51.1 Å². The van der Waals surface area contributed by atoms with Gasteiger partial charge >= 0.3 is 11.9 Å². The van der Waals surface area contributed by atoms with E-state index in [1.165, 1.54) is 38.7 Å². The number of nitrogens with one attached hydrogen (secondary N) is 1. The van der Waals surface area contributed by atoms with E-state index in [1.807, 2.05) is 0 Å². The molecular formula is C23H25N3O8S. The van der Waals surface area contributed by atoms with Crippen molar-refractivity contribution in [3.63, 3.8) is 0 Å². The molecule has 3 rings (SSSR count). The highest BCUT2D eigenvalue weighted by atomic mass is 32.1. The van der Waals surface area contributed by atoms with Gasteiger partial charge in [0.25, 0.3) is 0 Å². The van der Waals surface area contributed by atoms with Crippen LogP contribution in [0.3, 0.4) is 0 Å². The second kappa shape index (κ2) is 12.4. The number of rotatable bonds is 12. The molecule has 0 amide bonds. The first-order chi connectivity index (χ1) is 17.0. The summed E-state index contributed by atoms with van der Waals surface area (Å²) in [5.41, 5.74) is 4.11. The number of benzene rings is 1. The second-order valence-electron chi connectivity index (χ2n) is 6.80. The van der Waals surface area contributed by atoms with Gasteiger partial charge in [-0.2, -0.15) is 5.10 Å². The number of thiazole rings is 1. The average molecular weight is 504 g/mol. The van der Waals surface area contributed by atoms with Crippen molar-refractivity contribution in [1.82, 2.24) is 4.98 Å². The van der Waals surface area contributed by atoms with Gasteiger partial charge in [-0.25, -0.2) is 9.78 Å². The smallest absolute Gasteiger partial charge is 0.373 e. The maximum atomic E-state index is 11.6. The van der Waals surface area contributed by atoms with Crippen molar-refractivity contribution in [2.45, 2.75) is 20.0 Å². The highest BCUT2D eigenvalue weighted by molar-refractivity contribution is 7.13. The van der Waals surface area contributed by atoms with Crippen LogP contribution in [0.25, 0.3) is 0 Å². The largest absolute Gasteiger partial charge is 0.493 e. The summed E-state index contributed by atoms with van der Waals surface area (Å²) in [6.45, 7) is 2.12. The summed E-state index contributed by atoms with van der Waals surface area (Å²) >= 11 is 1.32. The molecule has 0 radical (unpaired) electrons. The third kappa shape index (κ3) is 6.96. The average Bonchev–Trinajstić information content (AvgIpc) is 3.51. The van der Waals surface area contributed by atoms with Gasteiger partial charge in [0.1, 0.15) is 12.4 Å². The normalized spacial score (nSPS) is 10.7. The zero-order valence-corrected chi connectivity index (χ0v) is 20.5. The lowest BCUT2D eigenvalue weighted by Crippen LogP contribution is -2.07. The number of hydrogen-bond donors (Lipinski definition) is 1. The van der Waals surface area contributed by atoms with Crippen molar-refractivity contribution < 1.29 is 37.7 Å². The minimum absolute atomic E-state index is 0.0386. The van der Waals surface area contributed by atoms with Crippen LogP contribution in [-0.2, 0) is 27.3 Å². The van der Waals surface area contributed by atoms with Crippen LogP contribution in [0.5, 0.6) is 17.2 Å². The van der Waals surface area contributed by atoms with E-state index in [9.17, 15) is 9.59 Å². The highest BCUT2D eigenvalue weighted by Gasteiger charge is 2.16. The number of carbonyl (C=O) groups excluding carboxylic acids is 2. The number of anilines is 1. The van der Waals surface area contributed by atoms with Crippen molar-refractivity contribution in [1.29, 1.82) is 0 Å². The minimum Gasteiger partial charge on any atom is -0.493 e. The topological polar surface area (TPSA) is 131 Å². The van der Waals surface area contributed by atoms with Gasteiger partial charge in [0, 0.05) is 10.9 Å². The molecule has 0 aliphatic heterocycles. The van der Waals surface area contributed by atoms with Gasteiger partial charge in [-0.3, -0.25) is 10.2 Å². The number of hydrogen-bond acceptors (Lipinski definition) is 12. The quantitative estimate of drug-likeness (QED) is 0.222. The standard InChI is InChI=1S/C23H25N3O8S/c1-5-32-20(27)10-15-13-35-23(25-15)26-24-11-14-8-18(29-2)21(19(9-14)30-3)33-12-16-6-7-17(34-16)22(28)31-4/h6-9,11,13H,5,10,12H2,1-4H3,(H,25,26). The molecule has 1 N–H and O–H groups in total. The fourth-order valence-corrected chi connectivity index (χ4v) is 3.55. The Balaban J connectivity index is 1.66. The van der Waals surface area contributed by atoms with Gasteiger partial charge in [-0.1, -0.05) is 0 Å². The fourth-order valence-electron chi connectivity index (χ4n) is 2.89. The number of hydrazone groups is 1. The van der Waals surface area contributed by atoms with Gasteiger partial charge in [0.15, 0.2) is 11.5 Å². The van der Waals surface area contributed by atoms with Crippen LogP contribution in [0.2, 0.25) is 0 Å². The summed E-state index contributed by atoms with van der Waals surface area (Å²) in [6.07, 6.45) is 1.67. The number of furan rings is 1. The van der Waals surface area contributed by atoms with Crippen LogP contribution in [0.1, 0.15) is 34.5 Å². The Morgan fingerprint density at radius 1 is 1.17 bits per heavy atom. The van der Waals surface area contributed by atoms with Gasteiger partial charge in [0.2, 0.25) is 16.6 Å². The zero-order valence-electron chi connectivity index (χ0n) is 19.7. The Bertz CT molecular complexity index is 1160. The molecule has 0 spiro atoms. The predicted molar refractivity (Wildman–Crippen MR) is 128 cm³/mol. The summed E-state index contributed by atoms with van der Waals surface area (Å²) in [7, 11) is 4.28. The van der Waals surface area contributed by atoms with E-state index in [2.05, 4.69) is 20.2 Å². The summed E-state index contributed by atoms with van der Waals surface area (Å²) in [5.74, 6) is 0.794. The first-order valence-electron chi connectivity index (χ1n) is 10.4. The second-order valence-corrected chi connectivity index (χ2v) is 7.65. The summed E-state index contributed by atoms with van der Waals surface area (Å²) in [5, 5.41) is 6.48. The molecule has 0 bridgehead atoms. The van der Waals surface area contributed by atoms with E-state index in [4.69, 9.17) is 23.4 Å². The minimum atomic E-state index is -0.573. The molecule has 0 atom stereocenters. The summed E-state index contributed by atoms with van der Waals surface area (Å²) in [6, 6.07) is 6.57. The molecule has 186 valence electrons. The van der Waals surface area contributed by atoms with Crippen molar-refractivity contribution in [3.05, 3.63) is 52.4 Å². The molecule has 0 saturated carbocycles. The van der Waals surface area contributed by atoms with E-state index in [-0.39, 0.29) is 24.8 Å². The number of aromatic nitrogens is 1. The van der Waals surface area contributed by atoms with E-state index in [0.717, 1.165) is 0 Å². The predicted octanol–water partition coefficient (Wildman–Crippen LogP) is 3.67. The molecule has 3 aromatic rings. The molecular weight excluding hydrogens is 478 g/mol. The molecule has 0 fully saturated rings. The Kier molecular flexibility index (Phi) is 9.07. The molecule has 35 heavy (non-hydrogen) atoms. The van der Waals surface area contributed by atoms with Crippen molar-refractivity contribution in [2.75, 3.05) is 33.4 Å². The Morgan fingerprint density at radius 2 is 1.91 bits per heavy atom. The van der Waals surface area contributed by atoms with E-state index in [0.29, 0.717) is 46.0 Å².